The third-order valence-electron chi connectivity index (χ3n) is 3.52. The van der Waals surface area contributed by atoms with Gasteiger partial charge in [0.2, 0.25) is 5.91 Å². The Hall–Kier alpha value is -1.82. The predicted octanol–water partition coefficient (Wildman–Crippen LogP) is 4.45. The van der Waals surface area contributed by atoms with Crippen LogP contribution < -0.4 is 5.32 Å². The average Bonchev–Trinajstić information content (AvgIpc) is 2.58. The molecular formula is C17H16Cl3N3O2. The molecule has 8 heteroatoms. The molecule has 0 saturated carbocycles. The molecule has 0 saturated heterocycles. The number of nitrogens with zero attached hydrogens (tertiary/aromatic N) is 2. The molecule has 0 spiro atoms. The second-order valence-electron chi connectivity index (χ2n) is 5.32. The van der Waals surface area contributed by atoms with Gasteiger partial charge in [0.25, 0.3) is 5.91 Å². The fourth-order valence-electron chi connectivity index (χ4n) is 2.14. The lowest BCUT2D eigenvalue weighted by molar-refractivity contribution is -0.116. The molecule has 0 atom stereocenters. The molecular weight excluding hydrogens is 385 g/mol. The molecule has 0 aliphatic heterocycles. The summed E-state index contributed by atoms with van der Waals surface area (Å²) in [7, 11) is 0. The molecule has 2 amide bonds. The molecule has 0 aliphatic carbocycles. The van der Waals surface area contributed by atoms with Gasteiger partial charge in [-0.2, -0.15) is 0 Å². The van der Waals surface area contributed by atoms with Gasteiger partial charge in [0.05, 0.1) is 10.6 Å². The lowest BCUT2D eigenvalue weighted by Gasteiger charge is -2.21. The Kier molecular flexibility index (Phi) is 6.64. The summed E-state index contributed by atoms with van der Waals surface area (Å²) in [6.07, 6.45) is 1.33. The molecule has 132 valence electrons. The van der Waals surface area contributed by atoms with Crippen molar-refractivity contribution >= 4 is 52.3 Å². The first-order valence-electron chi connectivity index (χ1n) is 7.48. The Labute approximate surface area is 160 Å². The van der Waals surface area contributed by atoms with Crippen LogP contribution in [0.1, 0.15) is 22.8 Å². The summed E-state index contributed by atoms with van der Waals surface area (Å²) in [6.45, 7) is 3.87. The molecule has 2 aromatic rings. The van der Waals surface area contributed by atoms with E-state index in [9.17, 15) is 9.59 Å². The van der Waals surface area contributed by atoms with Crippen molar-refractivity contribution in [2.24, 2.45) is 0 Å². The van der Waals surface area contributed by atoms with Crippen molar-refractivity contribution in [1.82, 2.24) is 9.88 Å². The number of halogens is 3. The predicted molar refractivity (Wildman–Crippen MR) is 101 cm³/mol. The van der Waals surface area contributed by atoms with Crippen molar-refractivity contribution in [2.45, 2.75) is 13.8 Å². The standard InChI is InChI=1S/C17H16Cl3N3O2/c1-3-23(17(25)11-6-13(19)16(20)21-8-11)9-15(24)22-14-7-12(18)5-4-10(14)2/h4-8H,3,9H2,1-2H3,(H,22,24). The van der Waals surface area contributed by atoms with Crippen LogP contribution in [0.25, 0.3) is 0 Å². The van der Waals surface area contributed by atoms with E-state index in [2.05, 4.69) is 10.3 Å². The zero-order valence-electron chi connectivity index (χ0n) is 13.6. The topological polar surface area (TPSA) is 62.3 Å². The van der Waals surface area contributed by atoms with E-state index >= 15 is 0 Å². The maximum atomic E-state index is 12.5. The maximum absolute atomic E-state index is 12.5. The normalized spacial score (nSPS) is 10.4. The van der Waals surface area contributed by atoms with E-state index in [1.54, 1.807) is 19.1 Å². The number of hydrogen-bond donors (Lipinski definition) is 1. The van der Waals surface area contributed by atoms with E-state index in [-0.39, 0.29) is 34.1 Å². The number of nitrogens with one attached hydrogen (secondary N) is 1. The highest BCUT2D eigenvalue weighted by atomic mass is 35.5. The molecule has 0 bridgehead atoms. The minimum Gasteiger partial charge on any atom is -0.330 e. The molecule has 0 fully saturated rings. The first-order chi connectivity index (χ1) is 11.8. The second kappa shape index (κ2) is 8.52. The minimum atomic E-state index is -0.355. The number of pyridine rings is 1. The summed E-state index contributed by atoms with van der Waals surface area (Å²) in [5.74, 6) is -0.680. The molecule has 1 aromatic carbocycles. The zero-order chi connectivity index (χ0) is 18.6. The van der Waals surface area contributed by atoms with E-state index in [0.29, 0.717) is 17.3 Å². The number of likely N-dealkylation sites (N-methyl/N-ethyl adjacent to an activating group) is 1. The summed E-state index contributed by atoms with van der Waals surface area (Å²) in [5, 5.41) is 3.59. The SMILES string of the molecule is CCN(CC(=O)Nc1cc(Cl)ccc1C)C(=O)c1cnc(Cl)c(Cl)c1. The van der Waals surface area contributed by atoms with E-state index in [1.807, 2.05) is 13.0 Å². The maximum Gasteiger partial charge on any atom is 0.255 e. The fourth-order valence-corrected chi connectivity index (χ4v) is 2.58. The van der Waals surface area contributed by atoms with Crippen molar-refractivity contribution in [3.8, 4) is 0 Å². The smallest absolute Gasteiger partial charge is 0.255 e. The van der Waals surface area contributed by atoms with Gasteiger partial charge in [-0.3, -0.25) is 9.59 Å². The van der Waals surface area contributed by atoms with E-state index in [4.69, 9.17) is 34.8 Å². The number of rotatable bonds is 5. The molecule has 1 heterocycles. The van der Waals surface area contributed by atoms with Gasteiger partial charge in [0, 0.05) is 23.5 Å². The van der Waals surface area contributed by atoms with E-state index in [0.717, 1.165) is 5.56 Å². The highest BCUT2D eigenvalue weighted by Gasteiger charge is 2.19. The highest BCUT2D eigenvalue weighted by molar-refractivity contribution is 6.41. The highest BCUT2D eigenvalue weighted by Crippen LogP contribution is 2.21. The molecule has 1 N–H and O–H groups in total. The van der Waals surface area contributed by atoms with Gasteiger partial charge in [0.1, 0.15) is 11.7 Å². The van der Waals surface area contributed by atoms with Crippen molar-refractivity contribution in [2.75, 3.05) is 18.4 Å². The largest absolute Gasteiger partial charge is 0.330 e. The second-order valence-corrected chi connectivity index (χ2v) is 6.53. The Morgan fingerprint density at radius 3 is 2.56 bits per heavy atom. The summed E-state index contributed by atoms with van der Waals surface area (Å²) >= 11 is 17.6. The first kappa shape index (κ1) is 19.5. The van der Waals surface area contributed by atoms with Crippen molar-refractivity contribution in [3.05, 3.63) is 56.8 Å². The lowest BCUT2D eigenvalue weighted by Crippen LogP contribution is -2.38. The van der Waals surface area contributed by atoms with Crippen molar-refractivity contribution in [3.63, 3.8) is 0 Å². The third-order valence-corrected chi connectivity index (χ3v) is 4.44. The number of carbonyl (C=O) groups is 2. The van der Waals surface area contributed by atoms with Crippen LogP contribution in [0.4, 0.5) is 5.69 Å². The number of hydrogen-bond acceptors (Lipinski definition) is 3. The number of benzene rings is 1. The number of anilines is 1. The quantitative estimate of drug-likeness (QED) is 0.754. The Bertz CT molecular complexity index is 812. The van der Waals surface area contributed by atoms with Gasteiger partial charge in [-0.25, -0.2) is 4.98 Å². The summed E-state index contributed by atoms with van der Waals surface area (Å²) in [4.78, 5) is 30.1. The number of carbonyl (C=O) groups excluding carboxylic acids is 2. The fraction of sp³-hybridized carbons (Fsp3) is 0.235. The van der Waals surface area contributed by atoms with Crippen LogP contribution in [0.3, 0.4) is 0 Å². The summed E-state index contributed by atoms with van der Waals surface area (Å²) in [6, 6.07) is 6.64. The van der Waals surface area contributed by atoms with Crippen LogP contribution >= 0.6 is 34.8 Å². The van der Waals surface area contributed by atoms with Gasteiger partial charge >= 0.3 is 0 Å². The summed E-state index contributed by atoms with van der Waals surface area (Å²) < 4.78 is 0. The zero-order valence-corrected chi connectivity index (χ0v) is 15.9. The third kappa shape index (κ3) is 5.08. The van der Waals surface area contributed by atoms with Gasteiger partial charge in [0.15, 0.2) is 0 Å². The monoisotopic (exact) mass is 399 g/mol. The molecule has 1 aromatic heterocycles. The lowest BCUT2D eigenvalue weighted by atomic mass is 10.2. The molecule has 0 unspecified atom stereocenters. The molecule has 0 radical (unpaired) electrons. The molecule has 2 rings (SSSR count). The van der Waals surface area contributed by atoms with Crippen molar-refractivity contribution < 1.29 is 9.59 Å². The number of aromatic nitrogens is 1. The average molecular weight is 401 g/mol. The molecule has 0 aliphatic rings. The van der Waals surface area contributed by atoms with Crippen LogP contribution in [-0.4, -0.2) is 34.8 Å². The van der Waals surface area contributed by atoms with Crippen LogP contribution in [0.2, 0.25) is 15.2 Å². The molecule has 25 heavy (non-hydrogen) atoms. The summed E-state index contributed by atoms with van der Waals surface area (Å²) in [5.41, 5.74) is 1.75. The minimum absolute atomic E-state index is 0.110. The van der Waals surface area contributed by atoms with Crippen LogP contribution in [-0.2, 0) is 4.79 Å². The number of amides is 2. The van der Waals surface area contributed by atoms with Gasteiger partial charge in [-0.05, 0) is 37.6 Å². The van der Waals surface area contributed by atoms with Crippen molar-refractivity contribution in [1.29, 1.82) is 0 Å². The Balaban J connectivity index is 2.10. The van der Waals surface area contributed by atoms with Gasteiger partial charge in [-0.1, -0.05) is 40.9 Å². The van der Waals surface area contributed by atoms with E-state index < -0.39 is 0 Å². The van der Waals surface area contributed by atoms with E-state index in [1.165, 1.54) is 17.2 Å². The Morgan fingerprint density at radius 1 is 1.20 bits per heavy atom. The van der Waals surface area contributed by atoms with Crippen LogP contribution in [0.15, 0.2) is 30.5 Å². The van der Waals surface area contributed by atoms with Crippen LogP contribution in [0.5, 0.6) is 0 Å². The Morgan fingerprint density at radius 2 is 1.92 bits per heavy atom. The van der Waals surface area contributed by atoms with Crippen LogP contribution in [0, 0.1) is 6.92 Å². The van der Waals surface area contributed by atoms with Gasteiger partial charge < -0.3 is 10.2 Å². The molecule has 5 nitrogen and oxygen atoms in total. The number of aryl methyl sites for hydroxylation is 1. The van der Waals surface area contributed by atoms with Gasteiger partial charge in [-0.15, -0.1) is 0 Å². The first-order valence-corrected chi connectivity index (χ1v) is 8.61.